The first-order valence-corrected chi connectivity index (χ1v) is 8.15. The second-order valence-corrected chi connectivity index (χ2v) is 6.00. The Labute approximate surface area is 146 Å². The SMILES string of the molecule is CCOc1ccc(CC(=O)N(C)Cc2cccc(Cl)c2Cl)cc1. The van der Waals surface area contributed by atoms with Crippen molar-refractivity contribution >= 4 is 29.1 Å². The number of carbonyl (C=O) groups is 1. The molecule has 0 N–H and O–H groups in total. The van der Waals surface area contributed by atoms with Crippen LogP contribution in [0.3, 0.4) is 0 Å². The molecule has 2 rings (SSSR count). The topological polar surface area (TPSA) is 29.5 Å². The van der Waals surface area contributed by atoms with Gasteiger partial charge in [0.2, 0.25) is 5.91 Å². The van der Waals surface area contributed by atoms with E-state index in [2.05, 4.69) is 0 Å². The normalized spacial score (nSPS) is 10.4. The lowest BCUT2D eigenvalue weighted by atomic mass is 10.1. The van der Waals surface area contributed by atoms with Crippen LogP contribution in [-0.2, 0) is 17.8 Å². The minimum absolute atomic E-state index is 0.0187. The quantitative estimate of drug-likeness (QED) is 0.761. The van der Waals surface area contributed by atoms with Gasteiger partial charge >= 0.3 is 0 Å². The average Bonchev–Trinajstić information content (AvgIpc) is 2.54. The highest BCUT2D eigenvalue weighted by atomic mass is 35.5. The smallest absolute Gasteiger partial charge is 0.227 e. The van der Waals surface area contributed by atoms with E-state index in [-0.39, 0.29) is 5.91 Å². The number of nitrogens with zero attached hydrogens (tertiary/aromatic N) is 1. The molecule has 122 valence electrons. The van der Waals surface area contributed by atoms with Crippen LogP contribution in [0, 0.1) is 0 Å². The third-order valence-corrected chi connectivity index (χ3v) is 4.31. The van der Waals surface area contributed by atoms with Gasteiger partial charge in [-0.15, -0.1) is 0 Å². The average molecular weight is 352 g/mol. The molecule has 0 fully saturated rings. The zero-order valence-corrected chi connectivity index (χ0v) is 14.7. The van der Waals surface area contributed by atoms with Gasteiger partial charge in [0.1, 0.15) is 5.75 Å². The third-order valence-electron chi connectivity index (χ3n) is 3.45. The van der Waals surface area contributed by atoms with Crippen LogP contribution < -0.4 is 4.74 Å². The second-order valence-electron chi connectivity index (χ2n) is 5.22. The summed E-state index contributed by atoms with van der Waals surface area (Å²) in [6.45, 7) is 2.99. The third kappa shape index (κ3) is 4.88. The monoisotopic (exact) mass is 351 g/mol. The molecular formula is C18H19Cl2NO2. The van der Waals surface area contributed by atoms with Gasteiger partial charge in [-0.1, -0.05) is 47.5 Å². The molecule has 23 heavy (non-hydrogen) atoms. The molecule has 3 nitrogen and oxygen atoms in total. The Morgan fingerprint density at radius 3 is 2.48 bits per heavy atom. The van der Waals surface area contributed by atoms with Crippen molar-refractivity contribution in [2.75, 3.05) is 13.7 Å². The summed E-state index contributed by atoms with van der Waals surface area (Å²) in [4.78, 5) is 14.0. The van der Waals surface area contributed by atoms with Gasteiger partial charge in [-0.25, -0.2) is 0 Å². The predicted molar refractivity (Wildman–Crippen MR) is 94.3 cm³/mol. The molecule has 0 bridgehead atoms. The Morgan fingerprint density at radius 2 is 1.83 bits per heavy atom. The van der Waals surface area contributed by atoms with E-state index in [0.29, 0.717) is 29.6 Å². The maximum absolute atomic E-state index is 12.3. The molecule has 0 spiro atoms. The number of hydrogen-bond acceptors (Lipinski definition) is 2. The van der Waals surface area contributed by atoms with Crippen LogP contribution in [0.15, 0.2) is 42.5 Å². The van der Waals surface area contributed by atoms with Gasteiger partial charge in [-0.2, -0.15) is 0 Å². The zero-order valence-electron chi connectivity index (χ0n) is 13.2. The van der Waals surface area contributed by atoms with Crippen molar-refractivity contribution in [1.82, 2.24) is 4.90 Å². The molecular weight excluding hydrogens is 333 g/mol. The van der Waals surface area contributed by atoms with E-state index >= 15 is 0 Å². The highest BCUT2D eigenvalue weighted by Crippen LogP contribution is 2.26. The molecule has 0 unspecified atom stereocenters. The first-order valence-electron chi connectivity index (χ1n) is 7.40. The number of likely N-dealkylation sites (N-methyl/N-ethyl adjacent to an activating group) is 1. The summed E-state index contributed by atoms with van der Waals surface area (Å²) in [7, 11) is 1.76. The molecule has 0 heterocycles. The number of benzene rings is 2. The Bertz CT molecular complexity index is 671. The van der Waals surface area contributed by atoms with Crippen LogP contribution in [-0.4, -0.2) is 24.5 Å². The molecule has 0 saturated heterocycles. The van der Waals surface area contributed by atoms with Crippen LogP contribution in [0.4, 0.5) is 0 Å². The first kappa shape index (κ1) is 17.6. The van der Waals surface area contributed by atoms with E-state index in [1.807, 2.05) is 43.3 Å². The van der Waals surface area contributed by atoms with E-state index in [9.17, 15) is 4.79 Å². The van der Waals surface area contributed by atoms with Gasteiger partial charge in [0.05, 0.1) is 23.1 Å². The van der Waals surface area contributed by atoms with Gasteiger partial charge < -0.3 is 9.64 Å². The van der Waals surface area contributed by atoms with E-state index < -0.39 is 0 Å². The fraction of sp³-hybridized carbons (Fsp3) is 0.278. The molecule has 1 amide bonds. The molecule has 2 aromatic carbocycles. The van der Waals surface area contributed by atoms with Crippen molar-refractivity contribution in [2.45, 2.75) is 19.9 Å². The van der Waals surface area contributed by atoms with Crippen LogP contribution in [0.5, 0.6) is 5.75 Å². The molecule has 0 aromatic heterocycles. The summed E-state index contributed by atoms with van der Waals surface area (Å²) in [5.41, 5.74) is 1.78. The standard InChI is InChI=1S/C18H19Cl2NO2/c1-3-23-15-9-7-13(8-10-15)11-17(22)21(2)12-14-5-4-6-16(19)18(14)20/h4-10H,3,11-12H2,1-2H3. The molecule has 0 saturated carbocycles. The fourth-order valence-corrected chi connectivity index (χ4v) is 2.57. The fourth-order valence-electron chi connectivity index (χ4n) is 2.19. The highest BCUT2D eigenvalue weighted by Gasteiger charge is 2.13. The maximum atomic E-state index is 12.3. The number of hydrogen-bond donors (Lipinski definition) is 0. The Balaban J connectivity index is 1.98. The number of ether oxygens (including phenoxy) is 1. The van der Waals surface area contributed by atoms with Gasteiger partial charge in [-0.05, 0) is 36.2 Å². The van der Waals surface area contributed by atoms with Crippen LogP contribution in [0.2, 0.25) is 10.0 Å². The molecule has 0 atom stereocenters. The van der Waals surface area contributed by atoms with Crippen molar-refractivity contribution < 1.29 is 9.53 Å². The van der Waals surface area contributed by atoms with E-state index in [1.54, 1.807) is 18.0 Å². The van der Waals surface area contributed by atoms with Gasteiger partial charge in [0.15, 0.2) is 0 Å². The van der Waals surface area contributed by atoms with Crippen LogP contribution in [0.1, 0.15) is 18.1 Å². The van der Waals surface area contributed by atoms with E-state index in [4.69, 9.17) is 27.9 Å². The molecule has 5 heteroatoms. The van der Waals surface area contributed by atoms with Gasteiger partial charge in [0, 0.05) is 13.6 Å². The molecule has 0 radical (unpaired) electrons. The largest absolute Gasteiger partial charge is 0.494 e. The Hall–Kier alpha value is -1.71. The maximum Gasteiger partial charge on any atom is 0.227 e. The molecule has 0 aliphatic heterocycles. The lowest BCUT2D eigenvalue weighted by Crippen LogP contribution is -2.27. The summed E-state index contributed by atoms with van der Waals surface area (Å²) in [6, 6.07) is 13.0. The Kier molecular flexibility index (Phi) is 6.31. The van der Waals surface area contributed by atoms with Crippen molar-refractivity contribution in [2.24, 2.45) is 0 Å². The molecule has 0 aliphatic carbocycles. The zero-order chi connectivity index (χ0) is 16.8. The van der Waals surface area contributed by atoms with Crippen LogP contribution in [0.25, 0.3) is 0 Å². The minimum Gasteiger partial charge on any atom is -0.494 e. The summed E-state index contributed by atoms with van der Waals surface area (Å²) < 4.78 is 5.39. The van der Waals surface area contributed by atoms with E-state index in [1.165, 1.54) is 0 Å². The summed E-state index contributed by atoms with van der Waals surface area (Å²) in [5, 5.41) is 0.992. The summed E-state index contributed by atoms with van der Waals surface area (Å²) >= 11 is 12.2. The minimum atomic E-state index is 0.0187. The van der Waals surface area contributed by atoms with Crippen molar-refractivity contribution in [3.63, 3.8) is 0 Å². The lowest BCUT2D eigenvalue weighted by molar-refractivity contribution is -0.129. The van der Waals surface area contributed by atoms with E-state index in [0.717, 1.165) is 16.9 Å². The number of rotatable bonds is 6. The number of halogens is 2. The van der Waals surface area contributed by atoms with Crippen molar-refractivity contribution in [3.05, 3.63) is 63.6 Å². The number of carbonyl (C=O) groups excluding carboxylic acids is 1. The van der Waals surface area contributed by atoms with Crippen molar-refractivity contribution in [3.8, 4) is 5.75 Å². The first-order chi connectivity index (χ1) is 11.0. The lowest BCUT2D eigenvalue weighted by Gasteiger charge is -2.18. The molecule has 0 aliphatic rings. The number of amides is 1. The second kappa shape index (κ2) is 8.23. The summed E-state index contributed by atoms with van der Waals surface area (Å²) in [6.07, 6.45) is 0.334. The van der Waals surface area contributed by atoms with Gasteiger partial charge in [-0.3, -0.25) is 4.79 Å². The molecule has 2 aromatic rings. The van der Waals surface area contributed by atoms with Crippen molar-refractivity contribution in [1.29, 1.82) is 0 Å². The predicted octanol–water partition coefficient (Wildman–Crippen LogP) is 4.59. The summed E-state index contributed by atoms with van der Waals surface area (Å²) in [5.74, 6) is 0.827. The van der Waals surface area contributed by atoms with Crippen LogP contribution >= 0.6 is 23.2 Å². The van der Waals surface area contributed by atoms with Gasteiger partial charge in [0.25, 0.3) is 0 Å². The highest BCUT2D eigenvalue weighted by molar-refractivity contribution is 6.42. The Morgan fingerprint density at radius 1 is 1.13 bits per heavy atom.